The molecule has 3 aromatic rings. The molecule has 0 saturated carbocycles. The van der Waals surface area contributed by atoms with Crippen LogP contribution >= 0.6 is 11.3 Å². The number of benzene rings is 2. The first-order valence-electron chi connectivity index (χ1n) is 7.17. The summed E-state index contributed by atoms with van der Waals surface area (Å²) in [4.78, 5) is 2.68. The fraction of sp³-hybridized carbons (Fsp3) is 0.158. The van der Waals surface area contributed by atoms with Crippen molar-refractivity contribution in [3.63, 3.8) is 0 Å². The molecule has 2 heteroatoms. The number of rotatable bonds is 4. The molecule has 0 amide bonds. The highest BCUT2D eigenvalue weighted by Crippen LogP contribution is 2.28. The van der Waals surface area contributed by atoms with Gasteiger partial charge in [0.2, 0.25) is 0 Å². The number of nitrogens with one attached hydrogen (secondary N) is 1. The van der Waals surface area contributed by atoms with Crippen LogP contribution in [0, 0.1) is 13.8 Å². The highest BCUT2D eigenvalue weighted by molar-refractivity contribution is 7.15. The van der Waals surface area contributed by atoms with Gasteiger partial charge in [0.15, 0.2) is 0 Å². The summed E-state index contributed by atoms with van der Waals surface area (Å²) in [5, 5.41) is 3.53. The summed E-state index contributed by atoms with van der Waals surface area (Å²) in [5.41, 5.74) is 5.12. The molecule has 0 spiro atoms. The van der Waals surface area contributed by atoms with Crippen molar-refractivity contribution in [1.82, 2.24) is 0 Å². The minimum atomic E-state index is 0.876. The van der Waals surface area contributed by atoms with Crippen molar-refractivity contribution in [2.75, 3.05) is 5.32 Å². The molecule has 0 fully saturated rings. The van der Waals surface area contributed by atoms with E-state index in [-0.39, 0.29) is 0 Å². The summed E-state index contributed by atoms with van der Waals surface area (Å²) in [6.45, 7) is 5.16. The standard InChI is InChI=1S/C19H19NS/c1-14-8-10-18(15(2)12-14)20-13-17-9-11-19(21-17)16-6-4-3-5-7-16/h3-12,20H,13H2,1-2H3. The monoisotopic (exact) mass is 293 g/mol. The third-order valence-electron chi connectivity index (χ3n) is 3.55. The van der Waals surface area contributed by atoms with E-state index >= 15 is 0 Å². The zero-order valence-corrected chi connectivity index (χ0v) is 13.2. The molecule has 1 N–H and O–H groups in total. The molecule has 0 atom stereocenters. The van der Waals surface area contributed by atoms with Crippen LogP contribution in [0.5, 0.6) is 0 Å². The molecule has 0 bridgehead atoms. The lowest BCUT2D eigenvalue weighted by Gasteiger charge is -2.09. The maximum absolute atomic E-state index is 3.53. The van der Waals surface area contributed by atoms with Gasteiger partial charge in [0.05, 0.1) is 0 Å². The third kappa shape index (κ3) is 3.34. The Kier molecular flexibility index (Phi) is 4.07. The van der Waals surface area contributed by atoms with Crippen LogP contribution in [0.15, 0.2) is 60.7 Å². The average Bonchev–Trinajstić information content (AvgIpc) is 2.96. The Bertz CT molecular complexity index is 728. The van der Waals surface area contributed by atoms with Gasteiger partial charge in [-0.05, 0) is 43.2 Å². The summed E-state index contributed by atoms with van der Waals surface area (Å²) in [5.74, 6) is 0. The van der Waals surface area contributed by atoms with Crippen molar-refractivity contribution < 1.29 is 0 Å². The lowest BCUT2D eigenvalue weighted by atomic mass is 10.1. The first kappa shape index (κ1) is 13.9. The summed E-state index contributed by atoms with van der Waals surface area (Å²) in [6.07, 6.45) is 0. The Labute approximate surface area is 130 Å². The summed E-state index contributed by atoms with van der Waals surface area (Å²) in [6, 6.07) is 21.5. The number of aryl methyl sites for hydroxylation is 2. The van der Waals surface area contributed by atoms with Crippen LogP contribution in [0.2, 0.25) is 0 Å². The van der Waals surface area contributed by atoms with Gasteiger partial charge in [0, 0.05) is 22.0 Å². The molecule has 0 radical (unpaired) electrons. The number of hydrogen-bond donors (Lipinski definition) is 1. The zero-order chi connectivity index (χ0) is 14.7. The second-order valence-electron chi connectivity index (χ2n) is 5.30. The Morgan fingerprint density at radius 1 is 0.905 bits per heavy atom. The van der Waals surface area contributed by atoms with E-state index < -0.39 is 0 Å². The number of anilines is 1. The van der Waals surface area contributed by atoms with E-state index in [4.69, 9.17) is 0 Å². The Morgan fingerprint density at radius 2 is 1.71 bits per heavy atom. The Balaban J connectivity index is 1.70. The van der Waals surface area contributed by atoms with Crippen molar-refractivity contribution in [3.05, 3.63) is 76.7 Å². The largest absolute Gasteiger partial charge is 0.380 e. The Hall–Kier alpha value is -2.06. The highest BCUT2D eigenvalue weighted by atomic mass is 32.1. The molecule has 0 saturated heterocycles. The average molecular weight is 293 g/mol. The van der Waals surface area contributed by atoms with Crippen LogP contribution < -0.4 is 5.32 Å². The molecule has 3 rings (SSSR count). The van der Waals surface area contributed by atoms with Crippen LogP contribution in [0.4, 0.5) is 5.69 Å². The zero-order valence-electron chi connectivity index (χ0n) is 12.4. The van der Waals surface area contributed by atoms with E-state index in [0.717, 1.165) is 6.54 Å². The molecule has 1 heterocycles. The van der Waals surface area contributed by atoms with Gasteiger partial charge < -0.3 is 5.32 Å². The lowest BCUT2D eigenvalue weighted by Crippen LogP contribution is -1.99. The molecule has 0 aliphatic rings. The maximum atomic E-state index is 3.53. The molecule has 21 heavy (non-hydrogen) atoms. The maximum Gasteiger partial charge on any atom is 0.0494 e. The Morgan fingerprint density at radius 3 is 2.48 bits per heavy atom. The second kappa shape index (κ2) is 6.15. The lowest BCUT2D eigenvalue weighted by molar-refractivity contribution is 1.18. The van der Waals surface area contributed by atoms with Crippen molar-refractivity contribution in [3.8, 4) is 10.4 Å². The second-order valence-corrected chi connectivity index (χ2v) is 6.47. The van der Waals surface area contributed by atoms with Crippen LogP contribution in [-0.2, 0) is 6.54 Å². The summed E-state index contributed by atoms with van der Waals surface area (Å²) in [7, 11) is 0. The van der Waals surface area contributed by atoms with Gasteiger partial charge >= 0.3 is 0 Å². The minimum absolute atomic E-state index is 0.876. The first-order chi connectivity index (χ1) is 10.2. The predicted octanol–water partition coefficient (Wildman–Crippen LogP) is 5.64. The molecule has 106 valence electrons. The molecule has 1 aromatic heterocycles. The van der Waals surface area contributed by atoms with Gasteiger partial charge in [-0.3, -0.25) is 0 Å². The molecule has 0 aliphatic heterocycles. The van der Waals surface area contributed by atoms with Crippen molar-refractivity contribution in [1.29, 1.82) is 0 Å². The topological polar surface area (TPSA) is 12.0 Å². The van der Waals surface area contributed by atoms with E-state index in [1.165, 1.54) is 32.1 Å². The van der Waals surface area contributed by atoms with Crippen molar-refractivity contribution in [2.24, 2.45) is 0 Å². The van der Waals surface area contributed by atoms with Crippen LogP contribution in [0.3, 0.4) is 0 Å². The molecule has 0 unspecified atom stereocenters. The summed E-state index contributed by atoms with van der Waals surface area (Å²) < 4.78 is 0. The molecule has 1 nitrogen and oxygen atoms in total. The predicted molar refractivity (Wildman–Crippen MR) is 93.0 cm³/mol. The SMILES string of the molecule is Cc1ccc(NCc2ccc(-c3ccccc3)s2)c(C)c1. The van der Waals surface area contributed by atoms with Crippen LogP contribution in [0.1, 0.15) is 16.0 Å². The molecular formula is C19H19NS. The van der Waals surface area contributed by atoms with E-state index in [0.29, 0.717) is 0 Å². The fourth-order valence-electron chi connectivity index (χ4n) is 2.42. The van der Waals surface area contributed by atoms with E-state index in [2.05, 4.69) is 79.8 Å². The van der Waals surface area contributed by atoms with Crippen LogP contribution in [0.25, 0.3) is 10.4 Å². The highest BCUT2D eigenvalue weighted by Gasteiger charge is 2.03. The minimum Gasteiger partial charge on any atom is -0.380 e. The van der Waals surface area contributed by atoms with Gasteiger partial charge in [-0.1, -0.05) is 48.0 Å². The molecule has 0 aliphatic carbocycles. The van der Waals surface area contributed by atoms with Crippen LogP contribution in [-0.4, -0.2) is 0 Å². The van der Waals surface area contributed by atoms with Gasteiger partial charge in [-0.15, -0.1) is 11.3 Å². The van der Waals surface area contributed by atoms with Gasteiger partial charge in [-0.2, -0.15) is 0 Å². The normalized spacial score (nSPS) is 10.6. The van der Waals surface area contributed by atoms with Gasteiger partial charge in [0.1, 0.15) is 0 Å². The van der Waals surface area contributed by atoms with Gasteiger partial charge in [-0.25, -0.2) is 0 Å². The summed E-state index contributed by atoms with van der Waals surface area (Å²) >= 11 is 1.85. The van der Waals surface area contributed by atoms with E-state index in [1.807, 2.05) is 11.3 Å². The molecular weight excluding hydrogens is 274 g/mol. The van der Waals surface area contributed by atoms with E-state index in [1.54, 1.807) is 0 Å². The number of thiophene rings is 1. The third-order valence-corrected chi connectivity index (χ3v) is 4.69. The quantitative estimate of drug-likeness (QED) is 0.656. The van der Waals surface area contributed by atoms with Crippen molar-refractivity contribution >= 4 is 17.0 Å². The number of hydrogen-bond acceptors (Lipinski definition) is 2. The van der Waals surface area contributed by atoms with E-state index in [9.17, 15) is 0 Å². The first-order valence-corrected chi connectivity index (χ1v) is 7.99. The smallest absolute Gasteiger partial charge is 0.0494 e. The van der Waals surface area contributed by atoms with Gasteiger partial charge in [0.25, 0.3) is 0 Å². The van der Waals surface area contributed by atoms with Crippen molar-refractivity contribution in [2.45, 2.75) is 20.4 Å². The molecule has 2 aromatic carbocycles. The fourth-order valence-corrected chi connectivity index (χ4v) is 3.38.